The van der Waals surface area contributed by atoms with Crippen molar-refractivity contribution >= 4 is 41.4 Å². The fraction of sp³-hybridized carbons (Fsp3) is 0.132. The zero-order valence-electron chi connectivity index (χ0n) is 36.0. The van der Waals surface area contributed by atoms with Gasteiger partial charge in [-0.25, -0.2) is 0 Å². The number of carbonyl (C=O) groups excluding carboxylic acids is 3. The van der Waals surface area contributed by atoms with Crippen LogP contribution in [0, 0.1) is 6.92 Å². The first-order valence-corrected chi connectivity index (χ1v) is 22.5. The van der Waals surface area contributed by atoms with Crippen LogP contribution in [0.1, 0.15) is 41.5 Å². The molecule has 0 aliphatic carbocycles. The second-order valence-corrected chi connectivity index (χ2v) is 17.3. The summed E-state index contributed by atoms with van der Waals surface area (Å²) < 4.78 is 31.9. The quantitative estimate of drug-likeness (QED) is 0.0419. The van der Waals surface area contributed by atoms with E-state index in [1.54, 1.807) is 66.7 Å². The Morgan fingerprint density at radius 1 is 0.615 bits per heavy atom. The van der Waals surface area contributed by atoms with Crippen molar-refractivity contribution < 1.29 is 65.7 Å². The smallest absolute Gasteiger partial charge is 0.306 e. The summed E-state index contributed by atoms with van der Waals surface area (Å²) in [4.78, 5) is 41.9. The second kappa shape index (κ2) is 23.0. The summed E-state index contributed by atoms with van der Waals surface area (Å²) in [5.74, 6) is 0.0575. The fourth-order valence-electron chi connectivity index (χ4n) is 7.42. The molecular weight excluding hydrogens is 910 g/mol. The van der Waals surface area contributed by atoms with Crippen molar-refractivity contribution in [1.82, 2.24) is 10.6 Å². The molecule has 7 rings (SSSR count). The summed E-state index contributed by atoms with van der Waals surface area (Å²) in [6.45, 7) is 3.95. The normalized spacial score (nSPS) is 11.5. The van der Waals surface area contributed by atoms with E-state index < -0.39 is 30.8 Å². The molecule has 0 bridgehead atoms. The molecule has 0 aliphatic rings. The molecule has 0 fully saturated rings. The van der Waals surface area contributed by atoms with Crippen LogP contribution in [0.3, 0.4) is 0 Å². The number of anilines is 1. The van der Waals surface area contributed by atoms with Gasteiger partial charge in [0.05, 0.1) is 36.5 Å². The van der Waals surface area contributed by atoms with Crippen LogP contribution in [0.25, 0.3) is 0 Å². The van der Waals surface area contributed by atoms with E-state index in [1.807, 2.05) is 127 Å². The molecule has 3 N–H and O–H groups in total. The first-order chi connectivity index (χ1) is 31.2. The number of carbonyl (C=O) groups is 3. The fourth-order valence-corrected chi connectivity index (χ4v) is 9.48. The predicted molar refractivity (Wildman–Crippen MR) is 252 cm³/mol. The molecule has 1 atom stereocenters. The van der Waals surface area contributed by atoms with Crippen molar-refractivity contribution in [1.29, 1.82) is 0 Å². The number of ether oxygens (including phenoxy) is 2. The van der Waals surface area contributed by atoms with Crippen LogP contribution < -0.4 is 40.6 Å². The van der Waals surface area contributed by atoms with E-state index in [0.29, 0.717) is 39.1 Å². The van der Waals surface area contributed by atoms with E-state index in [-0.39, 0.29) is 64.5 Å². The van der Waals surface area contributed by atoms with Gasteiger partial charge in [-0.05, 0) is 77.7 Å². The molecule has 7 aromatic rings. The first kappa shape index (κ1) is 48.0. The molecule has 0 spiro atoms. The van der Waals surface area contributed by atoms with Crippen molar-refractivity contribution in [3.63, 3.8) is 0 Å². The van der Waals surface area contributed by atoms with Crippen LogP contribution in [0.15, 0.2) is 194 Å². The zero-order valence-corrected chi connectivity index (χ0v) is 39.7. The minimum Gasteiger partial charge on any atom is -0.553 e. The van der Waals surface area contributed by atoms with Gasteiger partial charge in [0.25, 0.3) is 0 Å². The van der Waals surface area contributed by atoms with Crippen LogP contribution in [0.5, 0.6) is 17.2 Å². The molecule has 327 valence electrons. The molecule has 0 saturated heterocycles. The van der Waals surface area contributed by atoms with Crippen LogP contribution in [0.2, 0.25) is 0 Å². The van der Waals surface area contributed by atoms with E-state index in [4.69, 9.17) is 14.0 Å². The van der Waals surface area contributed by atoms with Gasteiger partial charge < -0.3 is 29.9 Å². The second-order valence-electron chi connectivity index (χ2n) is 15.0. The summed E-state index contributed by atoms with van der Waals surface area (Å²) >= 11 is 0. The molecule has 65 heavy (non-hydrogen) atoms. The number of methoxy groups -OCH3 is 1. The van der Waals surface area contributed by atoms with E-state index in [1.165, 1.54) is 7.11 Å². The molecule has 0 saturated carbocycles. The van der Waals surface area contributed by atoms with E-state index in [9.17, 15) is 18.9 Å². The van der Waals surface area contributed by atoms with Gasteiger partial charge >= 0.3 is 7.37 Å². The van der Waals surface area contributed by atoms with Crippen molar-refractivity contribution in [3.05, 3.63) is 223 Å². The number of benzene rings is 7. The molecule has 0 heterocycles. The average Bonchev–Trinajstić information content (AvgIpc) is 3.34. The van der Waals surface area contributed by atoms with Gasteiger partial charge in [0, 0.05) is 50.6 Å². The topological polar surface area (TPSA) is 132 Å². The maximum absolute atomic E-state index is 14.5. The Morgan fingerprint density at radius 2 is 1.09 bits per heavy atom. The minimum absolute atomic E-state index is 0. The Hall–Kier alpha value is -6.45. The number of amides is 3. The van der Waals surface area contributed by atoms with Crippen LogP contribution in [-0.2, 0) is 57.2 Å². The molecule has 10 nitrogen and oxygen atoms in total. The number of hydrogen-bond acceptors (Lipinski definition) is 7. The van der Waals surface area contributed by atoms with Crippen LogP contribution >= 0.6 is 7.37 Å². The average molecular weight is 960 g/mol. The van der Waals surface area contributed by atoms with Gasteiger partial charge in [-0.1, -0.05) is 133 Å². The standard InChI is InChI=1S/C53H49N3O7P.Y/c1-39-28-31-45(38-49(39)61-2)62-37-36-50(57)55-48(34-35-51(58)56-53(40-18-8-3-9-19-40,41-20-10-4-11-21-41)42-22-12-5-13-23-42)52(59)54-43-29-32-44(33-30-43)63-64(60,46-24-14-6-15-25-46)47-26-16-7-17-27-47;/h3-33,38,48H,1,34-37H2,2H3,(H,54,59)(H,55,57)(H,56,58);/q-1;. The largest absolute Gasteiger partial charge is 0.553 e. The molecule has 1 unspecified atom stereocenters. The molecule has 1 radical (unpaired) electrons. The maximum atomic E-state index is 14.5. The monoisotopic (exact) mass is 959 g/mol. The maximum Gasteiger partial charge on any atom is 0.306 e. The predicted octanol–water partition coefficient (Wildman–Crippen LogP) is 8.96. The number of rotatable bonds is 19. The summed E-state index contributed by atoms with van der Waals surface area (Å²) in [5.41, 5.74) is 2.58. The third-order valence-corrected chi connectivity index (χ3v) is 13.1. The molecule has 0 aromatic heterocycles. The summed E-state index contributed by atoms with van der Waals surface area (Å²) in [5, 5.41) is 10.1. The van der Waals surface area contributed by atoms with Crippen LogP contribution in [0.4, 0.5) is 5.69 Å². The van der Waals surface area contributed by atoms with E-state index >= 15 is 0 Å². The molecular formula is C53H49N3O7PY-. The third kappa shape index (κ3) is 12.0. The molecule has 3 amide bonds. The third-order valence-electron chi connectivity index (χ3n) is 10.7. The Bertz CT molecular complexity index is 2540. The van der Waals surface area contributed by atoms with Gasteiger partial charge in [0.2, 0.25) is 17.7 Å². The van der Waals surface area contributed by atoms with Gasteiger partial charge in [-0.3, -0.25) is 18.9 Å². The Morgan fingerprint density at radius 3 is 1.58 bits per heavy atom. The van der Waals surface area contributed by atoms with Gasteiger partial charge in [-0.2, -0.15) is 18.6 Å². The Labute approximate surface area is 405 Å². The van der Waals surface area contributed by atoms with Crippen molar-refractivity contribution in [2.75, 3.05) is 19.0 Å². The van der Waals surface area contributed by atoms with Crippen molar-refractivity contribution in [2.45, 2.75) is 30.8 Å². The van der Waals surface area contributed by atoms with Crippen LogP contribution in [-0.4, -0.2) is 37.5 Å². The zero-order chi connectivity index (χ0) is 44.8. The summed E-state index contributed by atoms with van der Waals surface area (Å²) in [6, 6.07) is 57.8. The molecule has 7 aromatic carbocycles. The Balaban J connectivity index is 0.00000700. The van der Waals surface area contributed by atoms with Gasteiger partial charge in [-0.15, -0.1) is 0 Å². The first-order valence-electron chi connectivity index (χ1n) is 20.9. The summed E-state index contributed by atoms with van der Waals surface area (Å²) in [7, 11) is -2.00. The van der Waals surface area contributed by atoms with Crippen molar-refractivity contribution in [2.24, 2.45) is 0 Å². The molecule has 12 heteroatoms. The minimum atomic E-state index is -3.54. The SMILES string of the molecule is [CH2-]c1ccc(OCCC(=O)NC(CCC(=O)NC(c2ccccc2)(c2ccccc2)c2ccccc2)C(=O)Nc2ccc(OP(=O)(c3ccccc3)c3ccccc3)cc2)cc1OC.[Y]. The molecule has 0 aliphatic heterocycles. The van der Waals surface area contributed by atoms with Gasteiger partial charge in [0.15, 0.2) is 0 Å². The summed E-state index contributed by atoms with van der Waals surface area (Å²) in [6.07, 6.45) is -0.209. The van der Waals surface area contributed by atoms with Crippen molar-refractivity contribution in [3.8, 4) is 17.2 Å². The van der Waals surface area contributed by atoms with Gasteiger partial charge in [0.1, 0.15) is 17.3 Å². The van der Waals surface area contributed by atoms with E-state index in [0.717, 1.165) is 16.7 Å². The number of hydrogen-bond donors (Lipinski definition) is 3. The Kier molecular flexibility index (Phi) is 17.0. The van der Waals surface area contributed by atoms with E-state index in [2.05, 4.69) is 22.9 Å². The number of nitrogens with one attached hydrogen (secondary N) is 3.